The molecule has 3 nitrogen and oxygen atoms in total. The lowest BCUT2D eigenvalue weighted by atomic mass is 10.1. The van der Waals surface area contributed by atoms with Crippen molar-refractivity contribution >= 4 is 23.1 Å². The summed E-state index contributed by atoms with van der Waals surface area (Å²) < 4.78 is 15.5. The zero-order valence-electron chi connectivity index (χ0n) is 9.29. The van der Waals surface area contributed by atoms with E-state index in [2.05, 4.69) is 4.98 Å². The van der Waals surface area contributed by atoms with Gasteiger partial charge in [0.05, 0.1) is 10.9 Å². The Morgan fingerprint density at radius 1 is 1.47 bits per heavy atom. The van der Waals surface area contributed by atoms with Gasteiger partial charge in [-0.2, -0.15) is 0 Å². The molecular weight excluding hydrogens is 239 g/mol. The van der Waals surface area contributed by atoms with E-state index in [0.29, 0.717) is 10.2 Å². The lowest BCUT2D eigenvalue weighted by molar-refractivity contribution is 0.630. The third kappa shape index (κ3) is 1.53. The largest absolute Gasteiger partial charge is 0.329 e. The molecule has 0 amide bonds. The van der Waals surface area contributed by atoms with Crippen molar-refractivity contribution in [3.8, 4) is 0 Å². The van der Waals surface area contributed by atoms with Crippen LogP contribution >= 0.6 is 12.2 Å². The summed E-state index contributed by atoms with van der Waals surface area (Å²) in [4.78, 5) is 15.1. The molecule has 1 aliphatic carbocycles. The third-order valence-electron chi connectivity index (χ3n) is 3.16. The van der Waals surface area contributed by atoms with Gasteiger partial charge < -0.3 is 4.98 Å². The zero-order valence-corrected chi connectivity index (χ0v) is 10.1. The number of benzene rings is 1. The highest BCUT2D eigenvalue weighted by Gasteiger charge is 2.27. The minimum absolute atomic E-state index is 0.178. The maximum Gasteiger partial charge on any atom is 0.262 e. The number of H-pyrrole nitrogens is 1. The Labute approximate surface area is 102 Å². The van der Waals surface area contributed by atoms with Crippen LogP contribution in [0.25, 0.3) is 10.9 Å². The van der Waals surface area contributed by atoms with Crippen LogP contribution in [0.2, 0.25) is 0 Å². The summed E-state index contributed by atoms with van der Waals surface area (Å²) in [5.74, 6) is -0.434. The molecule has 1 aromatic carbocycles. The van der Waals surface area contributed by atoms with Crippen molar-refractivity contribution in [2.24, 2.45) is 0 Å². The molecular formula is C12H11FN2OS. The van der Waals surface area contributed by atoms with Gasteiger partial charge in [-0.15, -0.1) is 0 Å². The van der Waals surface area contributed by atoms with Gasteiger partial charge in [-0.25, -0.2) is 4.39 Å². The summed E-state index contributed by atoms with van der Waals surface area (Å²) >= 11 is 5.13. The average molecular weight is 250 g/mol. The molecule has 5 heteroatoms. The molecule has 0 aliphatic heterocycles. The number of rotatable bonds is 1. The number of nitrogens with one attached hydrogen (secondary N) is 1. The Hall–Kier alpha value is -1.49. The Kier molecular flexibility index (Phi) is 2.19. The molecule has 1 aromatic heterocycles. The Bertz CT molecular complexity index is 728. The molecule has 88 valence electrons. The lowest BCUT2D eigenvalue weighted by Gasteiger charge is -2.08. The van der Waals surface area contributed by atoms with Crippen LogP contribution in [-0.4, -0.2) is 9.55 Å². The van der Waals surface area contributed by atoms with Crippen LogP contribution in [-0.2, 0) is 0 Å². The van der Waals surface area contributed by atoms with Crippen molar-refractivity contribution in [3.05, 3.63) is 38.6 Å². The SMILES string of the molecule is Cc1ccc(F)c2[nH]c(=S)n(C3CC3)c(=O)c12. The monoisotopic (exact) mass is 250 g/mol. The maximum absolute atomic E-state index is 13.6. The number of hydrogen-bond acceptors (Lipinski definition) is 2. The summed E-state index contributed by atoms with van der Waals surface area (Å²) in [7, 11) is 0. The van der Waals surface area contributed by atoms with E-state index >= 15 is 0 Å². The van der Waals surface area contributed by atoms with E-state index in [0.717, 1.165) is 18.4 Å². The quantitative estimate of drug-likeness (QED) is 0.790. The highest BCUT2D eigenvalue weighted by atomic mass is 32.1. The van der Waals surface area contributed by atoms with E-state index in [4.69, 9.17) is 12.2 Å². The van der Waals surface area contributed by atoms with Gasteiger partial charge in [0, 0.05) is 6.04 Å². The fraction of sp³-hybridized carbons (Fsp3) is 0.333. The van der Waals surface area contributed by atoms with Gasteiger partial charge in [-0.05, 0) is 43.6 Å². The van der Waals surface area contributed by atoms with Gasteiger partial charge in [0.15, 0.2) is 4.77 Å². The number of aromatic amines is 1. The van der Waals surface area contributed by atoms with Crippen LogP contribution in [0.1, 0.15) is 24.4 Å². The summed E-state index contributed by atoms with van der Waals surface area (Å²) in [6.45, 7) is 1.80. The van der Waals surface area contributed by atoms with Gasteiger partial charge >= 0.3 is 0 Å². The first-order valence-corrected chi connectivity index (χ1v) is 5.94. The van der Waals surface area contributed by atoms with E-state index in [-0.39, 0.29) is 17.1 Å². The van der Waals surface area contributed by atoms with Crippen molar-refractivity contribution in [2.75, 3.05) is 0 Å². The predicted molar refractivity (Wildman–Crippen MR) is 66.4 cm³/mol. The van der Waals surface area contributed by atoms with Crippen molar-refractivity contribution in [2.45, 2.75) is 25.8 Å². The normalized spacial score (nSPS) is 15.4. The molecule has 1 N–H and O–H groups in total. The number of halogens is 1. The Balaban J connectivity index is 2.53. The molecule has 0 atom stereocenters. The predicted octanol–water partition coefficient (Wildman–Crippen LogP) is 2.84. The minimum Gasteiger partial charge on any atom is -0.329 e. The molecule has 1 aliphatic rings. The zero-order chi connectivity index (χ0) is 12.2. The minimum atomic E-state index is -0.434. The van der Waals surface area contributed by atoms with E-state index in [1.165, 1.54) is 6.07 Å². The first kappa shape index (κ1) is 10.7. The van der Waals surface area contributed by atoms with E-state index in [1.54, 1.807) is 17.6 Å². The van der Waals surface area contributed by atoms with E-state index in [9.17, 15) is 9.18 Å². The molecule has 1 fully saturated rings. The van der Waals surface area contributed by atoms with Crippen LogP contribution in [0, 0.1) is 17.5 Å². The fourth-order valence-corrected chi connectivity index (χ4v) is 2.46. The average Bonchev–Trinajstić information content (AvgIpc) is 3.07. The number of fused-ring (bicyclic) bond motifs is 1. The van der Waals surface area contributed by atoms with Crippen LogP contribution in [0.5, 0.6) is 0 Å². The standard InChI is InChI=1S/C12H11FN2OS/c1-6-2-5-8(13)10-9(6)11(16)15(7-3-4-7)12(17)14-10/h2,5,7H,3-4H2,1H3,(H,14,17). The van der Waals surface area contributed by atoms with E-state index in [1.807, 2.05) is 0 Å². The molecule has 0 saturated heterocycles. The van der Waals surface area contributed by atoms with Crippen molar-refractivity contribution in [3.63, 3.8) is 0 Å². The summed E-state index contributed by atoms with van der Waals surface area (Å²) in [6.07, 6.45) is 1.94. The number of nitrogens with zero attached hydrogens (tertiary/aromatic N) is 1. The second-order valence-electron chi connectivity index (χ2n) is 4.45. The maximum atomic E-state index is 13.6. The first-order valence-electron chi connectivity index (χ1n) is 5.53. The highest BCUT2D eigenvalue weighted by Crippen LogP contribution is 2.34. The molecule has 17 heavy (non-hydrogen) atoms. The first-order chi connectivity index (χ1) is 8.09. The summed E-state index contributed by atoms with van der Waals surface area (Å²) in [5.41, 5.74) is 0.812. The Morgan fingerprint density at radius 2 is 2.18 bits per heavy atom. The highest BCUT2D eigenvalue weighted by molar-refractivity contribution is 7.71. The number of aromatic nitrogens is 2. The van der Waals surface area contributed by atoms with Crippen LogP contribution in [0.3, 0.4) is 0 Å². The molecule has 1 saturated carbocycles. The van der Waals surface area contributed by atoms with Crippen LogP contribution < -0.4 is 5.56 Å². The van der Waals surface area contributed by atoms with Gasteiger partial charge in [0.25, 0.3) is 5.56 Å². The van der Waals surface area contributed by atoms with Crippen molar-refractivity contribution in [1.82, 2.24) is 9.55 Å². The lowest BCUT2D eigenvalue weighted by Crippen LogP contribution is -2.22. The smallest absolute Gasteiger partial charge is 0.262 e. The Morgan fingerprint density at radius 3 is 2.82 bits per heavy atom. The fourth-order valence-electron chi connectivity index (χ4n) is 2.12. The third-order valence-corrected chi connectivity index (χ3v) is 3.46. The summed E-state index contributed by atoms with van der Waals surface area (Å²) in [5, 5.41) is 0.408. The van der Waals surface area contributed by atoms with Gasteiger partial charge in [0.1, 0.15) is 5.82 Å². The molecule has 0 unspecified atom stereocenters. The molecule has 1 heterocycles. The molecule has 0 radical (unpaired) electrons. The topological polar surface area (TPSA) is 37.8 Å². The van der Waals surface area contributed by atoms with E-state index < -0.39 is 5.82 Å². The number of hydrogen-bond donors (Lipinski definition) is 1. The van der Waals surface area contributed by atoms with Crippen LogP contribution in [0.4, 0.5) is 4.39 Å². The molecule has 0 spiro atoms. The van der Waals surface area contributed by atoms with Crippen LogP contribution in [0.15, 0.2) is 16.9 Å². The number of aryl methyl sites for hydroxylation is 1. The van der Waals surface area contributed by atoms with Gasteiger partial charge in [0.2, 0.25) is 0 Å². The van der Waals surface area contributed by atoms with Crippen molar-refractivity contribution in [1.29, 1.82) is 0 Å². The van der Waals surface area contributed by atoms with Gasteiger partial charge in [-0.1, -0.05) is 6.07 Å². The van der Waals surface area contributed by atoms with Crippen molar-refractivity contribution < 1.29 is 4.39 Å². The summed E-state index contributed by atoms with van der Waals surface area (Å²) in [6, 6.07) is 3.16. The molecule has 0 bridgehead atoms. The van der Waals surface area contributed by atoms with Gasteiger partial charge in [-0.3, -0.25) is 9.36 Å². The second-order valence-corrected chi connectivity index (χ2v) is 4.84. The molecule has 3 rings (SSSR count). The molecule has 2 aromatic rings. The second kappa shape index (κ2) is 3.50.